The van der Waals surface area contributed by atoms with Gasteiger partial charge in [0.25, 0.3) is 0 Å². The minimum atomic E-state index is -0.486. The SMILES string of the molecule is COc1ccc(-c2nc(N3CC4CN(C(=O)OC(C)(C)C)CC4C3)nc3nc[nH]c23)cc1Br. The van der Waals surface area contributed by atoms with Gasteiger partial charge in [0.2, 0.25) is 5.95 Å². The standard InChI is InChI=1S/C23H27BrN6O3/c1-23(2,3)33-22(31)30-10-14-8-29(9-15(14)11-30)21-27-18(19-20(28-21)26-12-25-19)13-5-6-17(32-4)16(24)7-13/h5-7,12,14-15H,8-11H2,1-4H3,(H,25,26,27,28). The normalized spacial score (nSPS) is 20.4. The first kappa shape index (κ1) is 21.9. The quantitative estimate of drug-likeness (QED) is 0.561. The summed E-state index contributed by atoms with van der Waals surface area (Å²) in [5.74, 6) is 2.16. The van der Waals surface area contributed by atoms with Gasteiger partial charge in [-0.2, -0.15) is 4.98 Å². The maximum Gasteiger partial charge on any atom is 0.410 e. The first-order chi connectivity index (χ1) is 15.7. The van der Waals surface area contributed by atoms with Gasteiger partial charge in [0.05, 0.1) is 17.9 Å². The molecule has 9 nitrogen and oxygen atoms in total. The predicted molar refractivity (Wildman–Crippen MR) is 128 cm³/mol. The number of likely N-dealkylation sites (tertiary alicyclic amines) is 1. The molecule has 174 valence electrons. The summed E-state index contributed by atoms with van der Waals surface area (Å²) in [6.45, 7) is 8.66. The number of aromatic nitrogens is 4. The Morgan fingerprint density at radius 3 is 2.52 bits per heavy atom. The lowest BCUT2D eigenvalue weighted by molar-refractivity contribution is 0.0282. The van der Waals surface area contributed by atoms with Crippen molar-refractivity contribution in [1.29, 1.82) is 0 Å². The van der Waals surface area contributed by atoms with Crippen LogP contribution in [0.5, 0.6) is 5.75 Å². The van der Waals surface area contributed by atoms with Gasteiger partial charge < -0.3 is 24.3 Å². The zero-order valence-electron chi connectivity index (χ0n) is 19.1. The van der Waals surface area contributed by atoms with E-state index in [0.29, 0.717) is 36.5 Å². The van der Waals surface area contributed by atoms with Crippen molar-refractivity contribution in [2.45, 2.75) is 26.4 Å². The van der Waals surface area contributed by atoms with Crippen molar-refractivity contribution in [2.75, 3.05) is 38.2 Å². The first-order valence-corrected chi connectivity index (χ1v) is 11.8. The summed E-state index contributed by atoms with van der Waals surface area (Å²) in [6.07, 6.45) is 1.41. The van der Waals surface area contributed by atoms with Crippen LogP contribution < -0.4 is 9.64 Å². The number of amides is 1. The van der Waals surface area contributed by atoms with Gasteiger partial charge in [-0.25, -0.2) is 14.8 Å². The van der Waals surface area contributed by atoms with E-state index in [4.69, 9.17) is 19.4 Å². The fourth-order valence-corrected chi connectivity index (χ4v) is 5.16. The van der Waals surface area contributed by atoms with Crippen LogP contribution in [-0.2, 0) is 4.74 Å². The topological polar surface area (TPSA) is 96.5 Å². The van der Waals surface area contributed by atoms with Crippen LogP contribution in [0.1, 0.15) is 20.8 Å². The van der Waals surface area contributed by atoms with Gasteiger partial charge in [0.1, 0.15) is 22.6 Å². The van der Waals surface area contributed by atoms with Gasteiger partial charge in [-0.3, -0.25) is 0 Å². The Morgan fingerprint density at radius 2 is 1.88 bits per heavy atom. The van der Waals surface area contributed by atoms with Crippen LogP contribution in [0.15, 0.2) is 29.0 Å². The Kier molecular flexibility index (Phi) is 5.43. The first-order valence-electron chi connectivity index (χ1n) is 11.0. The van der Waals surface area contributed by atoms with Crippen molar-refractivity contribution in [1.82, 2.24) is 24.8 Å². The van der Waals surface area contributed by atoms with E-state index in [2.05, 4.69) is 30.8 Å². The molecule has 0 spiro atoms. The molecule has 0 radical (unpaired) electrons. The van der Waals surface area contributed by atoms with Crippen molar-refractivity contribution in [3.05, 3.63) is 29.0 Å². The molecule has 3 aromatic rings. The number of benzene rings is 1. The number of carbonyl (C=O) groups is 1. The minimum absolute atomic E-state index is 0.231. The van der Waals surface area contributed by atoms with E-state index in [1.807, 2.05) is 43.9 Å². The third-order valence-corrected chi connectivity index (χ3v) is 6.74. The molecule has 10 heteroatoms. The molecule has 2 fully saturated rings. The molecule has 2 aliphatic rings. The fourth-order valence-electron chi connectivity index (χ4n) is 4.62. The molecule has 2 aromatic heterocycles. The summed E-state index contributed by atoms with van der Waals surface area (Å²) in [5.41, 5.74) is 2.68. The molecular weight excluding hydrogens is 488 g/mol. The molecule has 2 aliphatic heterocycles. The highest BCUT2D eigenvalue weighted by molar-refractivity contribution is 9.10. The van der Waals surface area contributed by atoms with Crippen LogP contribution in [0.2, 0.25) is 0 Å². The maximum absolute atomic E-state index is 12.5. The summed E-state index contributed by atoms with van der Waals surface area (Å²) in [5, 5.41) is 0. The lowest BCUT2D eigenvalue weighted by atomic mass is 10.0. The van der Waals surface area contributed by atoms with Crippen LogP contribution in [-0.4, -0.2) is 69.8 Å². The summed E-state index contributed by atoms with van der Waals surface area (Å²) in [4.78, 5) is 33.7. The second-order valence-corrected chi connectivity index (χ2v) is 10.5. The number of imidazole rings is 1. The Labute approximate surface area is 200 Å². The van der Waals surface area contributed by atoms with Crippen LogP contribution in [0.4, 0.5) is 10.7 Å². The number of aromatic amines is 1. The van der Waals surface area contributed by atoms with E-state index in [1.54, 1.807) is 13.4 Å². The molecule has 2 saturated heterocycles. The summed E-state index contributed by atoms with van der Waals surface area (Å²) >= 11 is 3.57. The number of carbonyl (C=O) groups excluding carboxylic acids is 1. The Bertz CT molecular complexity index is 1190. The largest absolute Gasteiger partial charge is 0.496 e. The Morgan fingerprint density at radius 1 is 1.15 bits per heavy atom. The Balaban J connectivity index is 1.38. The number of ether oxygens (including phenoxy) is 2. The molecule has 1 N–H and O–H groups in total. The van der Waals surface area contributed by atoms with Gasteiger partial charge in [-0.05, 0) is 54.9 Å². The van der Waals surface area contributed by atoms with Crippen LogP contribution in [0.3, 0.4) is 0 Å². The predicted octanol–water partition coefficient (Wildman–Crippen LogP) is 4.09. The van der Waals surface area contributed by atoms with Gasteiger partial charge in [0, 0.05) is 43.6 Å². The van der Waals surface area contributed by atoms with Crippen LogP contribution >= 0.6 is 15.9 Å². The third-order valence-electron chi connectivity index (χ3n) is 6.12. The summed E-state index contributed by atoms with van der Waals surface area (Å²) in [6, 6.07) is 5.88. The van der Waals surface area contributed by atoms with Crippen LogP contribution in [0.25, 0.3) is 22.4 Å². The van der Waals surface area contributed by atoms with E-state index in [0.717, 1.165) is 40.1 Å². The molecular formula is C23H27BrN6O3. The molecule has 2 atom stereocenters. The van der Waals surface area contributed by atoms with Gasteiger partial charge in [-0.1, -0.05) is 0 Å². The van der Waals surface area contributed by atoms with Crippen molar-refractivity contribution < 1.29 is 14.3 Å². The van der Waals surface area contributed by atoms with Crippen LogP contribution in [0, 0.1) is 11.8 Å². The van der Waals surface area contributed by atoms with E-state index in [9.17, 15) is 4.79 Å². The van der Waals surface area contributed by atoms with E-state index < -0.39 is 5.60 Å². The molecule has 0 bridgehead atoms. The molecule has 5 rings (SSSR count). The lowest BCUT2D eigenvalue weighted by Gasteiger charge is -2.26. The van der Waals surface area contributed by atoms with Gasteiger partial charge in [-0.15, -0.1) is 0 Å². The summed E-state index contributed by atoms with van der Waals surface area (Å²) < 4.78 is 11.8. The number of anilines is 1. The monoisotopic (exact) mass is 514 g/mol. The molecule has 1 aromatic carbocycles. The number of H-pyrrole nitrogens is 1. The van der Waals surface area contributed by atoms with Crippen molar-refractivity contribution in [3.8, 4) is 17.0 Å². The second-order valence-electron chi connectivity index (χ2n) is 9.63. The number of hydrogen-bond acceptors (Lipinski definition) is 7. The van der Waals surface area contributed by atoms with Crippen molar-refractivity contribution in [3.63, 3.8) is 0 Å². The third kappa shape index (κ3) is 4.23. The molecule has 0 aliphatic carbocycles. The second kappa shape index (κ2) is 8.16. The highest BCUT2D eigenvalue weighted by Gasteiger charge is 2.43. The van der Waals surface area contributed by atoms with Gasteiger partial charge >= 0.3 is 6.09 Å². The molecule has 2 unspecified atom stereocenters. The van der Waals surface area contributed by atoms with Crippen molar-refractivity contribution in [2.24, 2.45) is 11.8 Å². The van der Waals surface area contributed by atoms with Gasteiger partial charge in [0.15, 0.2) is 5.65 Å². The molecule has 4 heterocycles. The van der Waals surface area contributed by atoms with Crippen molar-refractivity contribution >= 4 is 39.1 Å². The minimum Gasteiger partial charge on any atom is -0.496 e. The molecule has 33 heavy (non-hydrogen) atoms. The lowest BCUT2D eigenvalue weighted by Crippen LogP contribution is -2.37. The fraction of sp³-hybridized carbons (Fsp3) is 0.478. The maximum atomic E-state index is 12.5. The molecule has 1 amide bonds. The van der Waals surface area contributed by atoms with E-state index in [-0.39, 0.29) is 6.09 Å². The Hall–Kier alpha value is -2.88. The van der Waals surface area contributed by atoms with E-state index in [1.165, 1.54) is 0 Å². The number of methoxy groups -OCH3 is 1. The number of nitrogens with zero attached hydrogens (tertiary/aromatic N) is 5. The smallest absolute Gasteiger partial charge is 0.410 e. The number of halogens is 1. The average Bonchev–Trinajstić information content (AvgIpc) is 3.46. The molecule has 0 saturated carbocycles. The number of fused-ring (bicyclic) bond motifs is 2. The average molecular weight is 515 g/mol. The zero-order chi connectivity index (χ0) is 23.3. The highest BCUT2D eigenvalue weighted by Crippen LogP contribution is 2.36. The number of hydrogen-bond donors (Lipinski definition) is 1. The zero-order valence-corrected chi connectivity index (χ0v) is 20.7. The number of rotatable bonds is 3. The summed E-state index contributed by atoms with van der Waals surface area (Å²) in [7, 11) is 1.64. The number of nitrogens with one attached hydrogen (secondary N) is 1. The van der Waals surface area contributed by atoms with E-state index >= 15 is 0 Å². The highest BCUT2D eigenvalue weighted by atomic mass is 79.9.